The Morgan fingerprint density at radius 2 is 2.24 bits per heavy atom. The third-order valence-corrected chi connectivity index (χ3v) is 4.97. The summed E-state index contributed by atoms with van der Waals surface area (Å²) in [4.78, 5) is 0. The number of hydrogen-bond acceptors (Lipinski definition) is 2. The summed E-state index contributed by atoms with van der Waals surface area (Å²) in [5.74, 6) is 1.29. The largest absolute Gasteiger partial charge is 0.396 e. The van der Waals surface area contributed by atoms with Crippen molar-refractivity contribution in [1.82, 2.24) is 0 Å². The number of aliphatic hydroxyl groups excluding tert-OH is 1. The Labute approximate surface area is 104 Å². The number of rotatable bonds is 2. The molecule has 1 aliphatic carbocycles. The molecule has 0 radical (unpaired) electrons. The van der Waals surface area contributed by atoms with Crippen LogP contribution in [0.2, 0.25) is 0 Å². The van der Waals surface area contributed by atoms with Crippen molar-refractivity contribution >= 4 is 0 Å². The summed E-state index contributed by atoms with van der Waals surface area (Å²) in [5.41, 5.74) is 1.33. The van der Waals surface area contributed by atoms with Gasteiger partial charge >= 0.3 is 0 Å². The van der Waals surface area contributed by atoms with Gasteiger partial charge in [-0.25, -0.2) is 0 Å². The Morgan fingerprint density at radius 1 is 1.53 bits per heavy atom. The maximum atomic E-state index is 9.81. The molecule has 2 bridgehead atoms. The summed E-state index contributed by atoms with van der Waals surface area (Å²) in [6.45, 7) is 9.59. The number of ether oxygens (including phenoxy) is 1. The SMILES string of the molecule is C/C=C/[C@@H]1OC[C@]2(CO)[C@H](C)C=C(C)[C@H]1[C@@H]2C. The second-order valence-electron chi connectivity index (χ2n) is 5.71. The predicted molar refractivity (Wildman–Crippen MR) is 69.6 cm³/mol. The van der Waals surface area contributed by atoms with Crippen LogP contribution in [-0.4, -0.2) is 24.4 Å². The highest BCUT2D eigenvalue weighted by Crippen LogP contribution is 2.52. The lowest BCUT2D eigenvalue weighted by Crippen LogP contribution is -2.55. The normalized spacial score (nSPS) is 46.1. The fraction of sp³-hybridized carbons (Fsp3) is 0.733. The number of allylic oxidation sites excluding steroid dienone is 2. The first kappa shape index (κ1) is 12.8. The van der Waals surface area contributed by atoms with Crippen LogP contribution in [0.3, 0.4) is 0 Å². The van der Waals surface area contributed by atoms with E-state index in [1.807, 2.05) is 6.92 Å². The number of fused-ring (bicyclic) bond motifs is 2. The highest BCUT2D eigenvalue weighted by Gasteiger charge is 2.52. The van der Waals surface area contributed by atoms with Crippen LogP contribution >= 0.6 is 0 Å². The molecule has 2 aliphatic rings. The van der Waals surface area contributed by atoms with Gasteiger partial charge in [0.1, 0.15) is 0 Å². The average Bonchev–Trinajstić information content (AvgIpc) is 2.28. The van der Waals surface area contributed by atoms with E-state index in [9.17, 15) is 5.11 Å². The van der Waals surface area contributed by atoms with Crippen LogP contribution in [0.5, 0.6) is 0 Å². The second kappa shape index (κ2) is 4.58. The van der Waals surface area contributed by atoms with E-state index in [4.69, 9.17) is 4.74 Å². The Hall–Kier alpha value is -0.600. The van der Waals surface area contributed by atoms with Gasteiger partial charge in [0.25, 0.3) is 0 Å². The van der Waals surface area contributed by atoms with Gasteiger partial charge in [0.2, 0.25) is 0 Å². The van der Waals surface area contributed by atoms with Crippen LogP contribution in [0.4, 0.5) is 0 Å². The van der Waals surface area contributed by atoms with Gasteiger partial charge in [0, 0.05) is 11.3 Å². The molecule has 5 atom stereocenters. The summed E-state index contributed by atoms with van der Waals surface area (Å²) >= 11 is 0. The lowest BCUT2D eigenvalue weighted by atomic mass is 9.56. The lowest BCUT2D eigenvalue weighted by molar-refractivity contribution is -0.148. The fourth-order valence-corrected chi connectivity index (χ4v) is 3.70. The summed E-state index contributed by atoms with van der Waals surface area (Å²) in [6, 6.07) is 0. The molecule has 1 fully saturated rings. The van der Waals surface area contributed by atoms with E-state index in [2.05, 4.69) is 39.0 Å². The van der Waals surface area contributed by atoms with Crippen LogP contribution in [-0.2, 0) is 4.74 Å². The Balaban J connectivity index is 2.40. The molecule has 96 valence electrons. The van der Waals surface area contributed by atoms with Crippen molar-refractivity contribution in [3.63, 3.8) is 0 Å². The maximum absolute atomic E-state index is 9.81. The van der Waals surface area contributed by atoms with Crippen molar-refractivity contribution in [1.29, 1.82) is 0 Å². The zero-order valence-corrected chi connectivity index (χ0v) is 11.3. The van der Waals surface area contributed by atoms with Gasteiger partial charge < -0.3 is 9.84 Å². The fourth-order valence-electron chi connectivity index (χ4n) is 3.70. The van der Waals surface area contributed by atoms with Gasteiger partial charge in [0.05, 0.1) is 19.3 Å². The first-order chi connectivity index (χ1) is 8.06. The van der Waals surface area contributed by atoms with E-state index in [-0.39, 0.29) is 18.1 Å². The summed E-state index contributed by atoms with van der Waals surface area (Å²) < 4.78 is 6.00. The van der Waals surface area contributed by atoms with Crippen LogP contribution in [0, 0.1) is 23.2 Å². The minimum Gasteiger partial charge on any atom is -0.396 e. The van der Waals surface area contributed by atoms with Gasteiger partial charge in [-0.1, -0.05) is 37.6 Å². The minimum atomic E-state index is -0.0811. The number of hydrogen-bond donors (Lipinski definition) is 1. The summed E-state index contributed by atoms with van der Waals surface area (Å²) in [6.07, 6.45) is 6.73. The predicted octanol–water partition coefficient (Wildman–Crippen LogP) is 2.79. The Kier molecular flexibility index (Phi) is 3.46. The van der Waals surface area contributed by atoms with E-state index < -0.39 is 0 Å². The smallest absolute Gasteiger partial charge is 0.0823 e. The molecule has 0 aromatic rings. The quantitative estimate of drug-likeness (QED) is 0.747. The maximum Gasteiger partial charge on any atom is 0.0823 e. The molecule has 1 aliphatic heterocycles. The second-order valence-corrected chi connectivity index (χ2v) is 5.71. The number of aliphatic hydroxyl groups is 1. The molecule has 0 saturated carbocycles. The van der Waals surface area contributed by atoms with Gasteiger partial charge in [-0.2, -0.15) is 0 Å². The first-order valence-corrected chi connectivity index (χ1v) is 6.60. The van der Waals surface area contributed by atoms with Crippen molar-refractivity contribution < 1.29 is 9.84 Å². The molecule has 1 N–H and O–H groups in total. The molecule has 2 rings (SSSR count). The molecule has 0 aromatic carbocycles. The van der Waals surface area contributed by atoms with Gasteiger partial charge in [-0.15, -0.1) is 0 Å². The standard InChI is InChI=1S/C15H24O2/c1-5-6-13-14-10(2)7-11(3)15(8-16,9-17-13)12(14)4/h5-7,11-14,16H,8-9H2,1-4H3/b6-5+/t11-,12+,13+,14+,15-/m1/s1. The van der Waals surface area contributed by atoms with Crippen molar-refractivity contribution in [3.8, 4) is 0 Å². The van der Waals surface area contributed by atoms with Crippen molar-refractivity contribution in [3.05, 3.63) is 23.8 Å². The van der Waals surface area contributed by atoms with Crippen LogP contribution in [0.1, 0.15) is 27.7 Å². The van der Waals surface area contributed by atoms with Gasteiger partial charge in [-0.05, 0) is 25.7 Å². The van der Waals surface area contributed by atoms with Crippen LogP contribution < -0.4 is 0 Å². The zero-order valence-electron chi connectivity index (χ0n) is 11.3. The highest BCUT2D eigenvalue weighted by atomic mass is 16.5. The molecular formula is C15H24O2. The Bertz CT molecular complexity index is 345. The summed E-state index contributed by atoms with van der Waals surface area (Å²) in [7, 11) is 0. The van der Waals surface area contributed by atoms with E-state index >= 15 is 0 Å². The monoisotopic (exact) mass is 236 g/mol. The molecule has 17 heavy (non-hydrogen) atoms. The van der Waals surface area contributed by atoms with Gasteiger partial charge in [-0.3, -0.25) is 0 Å². The van der Waals surface area contributed by atoms with E-state index in [1.54, 1.807) is 0 Å². The minimum absolute atomic E-state index is 0.0811. The third kappa shape index (κ3) is 1.78. The molecule has 0 spiro atoms. The van der Waals surface area contributed by atoms with Crippen LogP contribution in [0.15, 0.2) is 23.8 Å². The lowest BCUT2D eigenvalue weighted by Gasteiger charge is -2.54. The third-order valence-electron chi connectivity index (χ3n) is 4.97. The molecule has 1 saturated heterocycles. The Morgan fingerprint density at radius 3 is 2.82 bits per heavy atom. The van der Waals surface area contributed by atoms with E-state index in [0.717, 1.165) is 0 Å². The zero-order chi connectivity index (χ0) is 12.6. The van der Waals surface area contributed by atoms with Crippen molar-refractivity contribution in [2.75, 3.05) is 13.2 Å². The van der Waals surface area contributed by atoms with Crippen molar-refractivity contribution in [2.24, 2.45) is 23.2 Å². The molecule has 0 unspecified atom stereocenters. The summed E-state index contributed by atoms with van der Waals surface area (Å²) in [5, 5.41) is 9.81. The molecular weight excluding hydrogens is 212 g/mol. The molecule has 2 nitrogen and oxygen atoms in total. The average molecular weight is 236 g/mol. The van der Waals surface area contributed by atoms with E-state index in [1.165, 1.54) is 5.57 Å². The molecule has 1 heterocycles. The highest BCUT2D eigenvalue weighted by molar-refractivity contribution is 5.22. The van der Waals surface area contributed by atoms with Gasteiger partial charge in [0.15, 0.2) is 0 Å². The molecule has 0 amide bonds. The van der Waals surface area contributed by atoms with E-state index in [0.29, 0.717) is 24.4 Å². The first-order valence-electron chi connectivity index (χ1n) is 6.60. The van der Waals surface area contributed by atoms with Crippen molar-refractivity contribution in [2.45, 2.75) is 33.8 Å². The topological polar surface area (TPSA) is 29.5 Å². The van der Waals surface area contributed by atoms with Crippen LogP contribution in [0.25, 0.3) is 0 Å². The molecule has 0 aromatic heterocycles. The molecule has 2 heteroatoms.